The number of hydrogen-bond acceptors (Lipinski definition) is 3. The maximum atomic E-state index is 11.1. The van der Waals surface area contributed by atoms with Gasteiger partial charge in [0, 0.05) is 6.54 Å². The second-order valence-corrected chi connectivity index (χ2v) is 5.38. The Morgan fingerprint density at radius 2 is 2.00 bits per heavy atom. The summed E-state index contributed by atoms with van der Waals surface area (Å²) in [5, 5.41) is 1.81. The second kappa shape index (κ2) is 4.30. The van der Waals surface area contributed by atoms with Crippen LogP contribution >= 0.6 is 0 Å². The zero-order valence-electron chi connectivity index (χ0n) is 7.20. The first kappa shape index (κ1) is 11.2. The smallest absolute Gasteiger partial charge is 0.312 e. The van der Waals surface area contributed by atoms with E-state index in [0.717, 1.165) is 0 Å². The van der Waals surface area contributed by atoms with Crippen LogP contribution in [0.2, 0.25) is 0 Å². The lowest BCUT2D eigenvalue weighted by atomic mass is 10.6. The van der Waals surface area contributed by atoms with Crippen LogP contribution in [-0.2, 0) is 9.84 Å². The molecule has 0 heterocycles. The Kier molecular flexibility index (Phi) is 4.02. The molecule has 0 spiro atoms. The largest absolute Gasteiger partial charge is 0.352 e. The van der Waals surface area contributed by atoms with Crippen LogP contribution in [0.4, 0.5) is 4.79 Å². The number of sulfone groups is 1. The zero-order chi connectivity index (χ0) is 9.78. The Balaban J connectivity index is 3.86. The highest BCUT2D eigenvalue weighted by atomic mass is 32.2. The molecule has 0 bridgehead atoms. The van der Waals surface area contributed by atoms with E-state index >= 15 is 0 Å². The van der Waals surface area contributed by atoms with Gasteiger partial charge < -0.3 is 11.1 Å². The predicted octanol–water partition coefficient (Wildman–Crippen LogP) is -0.522. The molecule has 0 unspecified atom stereocenters. The molecule has 0 aliphatic rings. The fraction of sp³-hybridized carbons (Fsp3) is 0.833. The van der Waals surface area contributed by atoms with Crippen LogP contribution in [0.25, 0.3) is 0 Å². The average Bonchev–Trinajstić information content (AvgIpc) is 1.85. The van der Waals surface area contributed by atoms with Gasteiger partial charge >= 0.3 is 6.03 Å². The number of nitrogens with two attached hydrogens (primary N) is 1. The van der Waals surface area contributed by atoms with E-state index in [1.807, 2.05) is 0 Å². The van der Waals surface area contributed by atoms with E-state index in [2.05, 4.69) is 5.32 Å². The molecule has 0 aromatic rings. The first-order chi connectivity index (χ1) is 5.36. The Morgan fingerprint density at radius 3 is 2.33 bits per heavy atom. The maximum Gasteiger partial charge on any atom is 0.312 e. The van der Waals surface area contributed by atoms with Crippen molar-refractivity contribution in [2.24, 2.45) is 5.73 Å². The minimum atomic E-state index is -3.06. The summed E-state index contributed by atoms with van der Waals surface area (Å²) in [7, 11) is -3.06. The minimum absolute atomic E-state index is 0.0619. The molecule has 6 heteroatoms. The Hall–Kier alpha value is -0.780. The van der Waals surface area contributed by atoms with Gasteiger partial charge in [-0.05, 0) is 13.8 Å². The van der Waals surface area contributed by atoms with Gasteiger partial charge in [-0.15, -0.1) is 0 Å². The zero-order valence-corrected chi connectivity index (χ0v) is 8.02. The summed E-state index contributed by atoms with van der Waals surface area (Å²) in [4.78, 5) is 10.2. The third kappa shape index (κ3) is 4.17. The molecule has 0 aromatic carbocycles. The first-order valence-electron chi connectivity index (χ1n) is 3.61. The fourth-order valence-electron chi connectivity index (χ4n) is 0.552. The topological polar surface area (TPSA) is 89.3 Å². The molecule has 0 aliphatic heterocycles. The molecule has 0 atom stereocenters. The molecule has 0 saturated carbocycles. The van der Waals surface area contributed by atoms with Crippen LogP contribution < -0.4 is 11.1 Å². The van der Waals surface area contributed by atoms with Crippen molar-refractivity contribution in [1.29, 1.82) is 0 Å². The number of carbonyl (C=O) groups excluding carboxylic acids is 1. The minimum Gasteiger partial charge on any atom is -0.352 e. The number of primary amides is 1. The molecule has 0 saturated heterocycles. The summed E-state index contributed by atoms with van der Waals surface area (Å²) in [5.74, 6) is -0.0619. The molecule has 0 radical (unpaired) electrons. The normalized spacial score (nSPS) is 11.6. The molecule has 0 rings (SSSR count). The molecular weight excluding hydrogens is 180 g/mol. The van der Waals surface area contributed by atoms with Gasteiger partial charge in [-0.25, -0.2) is 13.2 Å². The van der Waals surface area contributed by atoms with Crippen molar-refractivity contribution in [2.75, 3.05) is 12.3 Å². The monoisotopic (exact) mass is 194 g/mol. The Morgan fingerprint density at radius 1 is 1.50 bits per heavy atom. The van der Waals surface area contributed by atoms with E-state index in [0.29, 0.717) is 0 Å². The van der Waals surface area contributed by atoms with Crippen LogP contribution in [0, 0.1) is 0 Å². The quantitative estimate of drug-likeness (QED) is 0.631. The van der Waals surface area contributed by atoms with Crippen molar-refractivity contribution >= 4 is 15.9 Å². The van der Waals surface area contributed by atoms with Crippen LogP contribution in [0.15, 0.2) is 0 Å². The van der Waals surface area contributed by atoms with E-state index in [1.54, 1.807) is 13.8 Å². The summed E-state index contributed by atoms with van der Waals surface area (Å²) >= 11 is 0. The SMILES string of the molecule is CC(C)S(=O)(=O)CCNC(N)=O. The van der Waals surface area contributed by atoms with E-state index in [1.165, 1.54) is 0 Å². The van der Waals surface area contributed by atoms with E-state index in [9.17, 15) is 13.2 Å². The maximum absolute atomic E-state index is 11.1. The lowest BCUT2D eigenvalue weighted by Gasteiger charge is -2.06. The summed E-state index contributed by atoms with van der Waals surface area (Å²) in [6.45, 7) is 3.27. The average molecular weight is 194 g/mol. The van der Waals surface area contributed by atoms with E-state index < -0.39 is 21.1 Å². The number of carbonyl (C=O) groups is 1. The lowest BCUT2D eigenvalue weighted by molar-refractivity contribution is 0.249. The van der Waals surface area contributed by atoms with Crippen LogP contribution in [0.3, 0.4) is 0 Å². The first-order valence-corrected chi connectivity index (χ1v) is 5.32. The van der Waals surface area contributed by atoms with Crippen molar-refractivity contribution in [3.05, 3.63) is 0 Å². The summed E-state index contributed by atoms with van der Waals surface area (Å²) in [6, 6.07) is -0.700. The second-order valence-electron chi connectivity index (χ2n) is 2.71. The fourth-order valence-corrected chi connectivity index (χ4v) is 1.41. The molecule has 5 nitrogen and oxygen atoms in total. The van der Waals surface area contributed by atoms with Crippen LogP contribution in [-0.4, -0.2) is 32.0 Å². The Labute approximate surface area is 72.2 Å². The summed E-state index contributed by atoms with van der Waals surface area (Å²) in [5.41, 5.74) is 4.75. The summed E-state index contributed by atoms with van der Waals surface area (Å²) < 4.78 is 22.2. The van der Waals surface area contributed by atoms with E-state index in [-0.39, 0.29) is 12.3 Å². The highest BCUT2D eigenvalue weighted by Gasteiger charge is 2.15. The standard InChI is InChI=1S/C6H14N2O3S/c1-5(2)12(10,11)4-3-8-6(7)9/h5H,3-4H2,1-2H3,(H3,7,8,9). The van der Waals surface area contributed by atoms with Crippen molar-refractivity contribution in [1.82, 2.24) is 5.32 Å². The van der Waals surface area contributed by atoms with Gasteiger partial charge in [0.25, 0.3) is 0 Å². The molecule has 72 valence electrons. The van der Waals surface area contributed by atoms with Crippen molar-refractivity contribution in [3.8, 4) is 0 Å². The van der Waals surface area contributed by atoms with Crippen LogP contribution in [0.5, 0.6) is 0 Å². The number of hydrogen-bond donors (Lipinski definition) is 2. The lowest BCUT2D eigenvalue weighted by Crippen LogP contribution is -2.34. The highest BCUT2D eigenvalue weighted by Crippen LogP contribution is 1.98. The number of urea groups is 1. The number of nitrogens with one attached hydrogen (secondary N) is 1. The van der Waals surface area contributed by atoms with E-state index in [4.69, 9.17) is 5.73 Å². The van der Waals surface area contributed by atoms with Gasteiger partial charge in [0.1, 0.15) is 0 Å². The molecule has 0 aliphatic carbocycles. The van der Waals surface area contributed by atoms with Gasteiger partial charge in [-0.2, -0.15) is 0 Å². The van der Waals surface area contributed by atoms with Gasteiger partial charge in [-0.1, -0.05) is 0 Å². The van der Waals surface area contributed by atoms with Crippen LogP contribution in [0.1, 0.15) is 13.8 Å². The van der Waals surface area contributed by atoms with Gasteiger partial charge in [0.05, 0.1) is 11.0 Å². The summed E-state index contributed by atoms with van der Waals surface area (Å²) in [6.07, 6.45) is 0. The van der Waals surface area contributed by atoms with Crippen molar-refractivity contribution in [3.63, 3.8) is 0 Å². The van der Waals surface area contributed by atoms with Gasteiger partial charge in [0.2, 0.25) is 0 Å². The highest BCUT2D eigenvalue weighted by molar-refractivity contribution is 7.92. The number of rotatable bonds is 4. The molecule has 0 aromatic heterocycles. The molecule has 2 amide bonds. The third-order valence-corrected chi connectivity index (χ3v) is 3.61. The molecule has 12 heavy (non-hydrogen) atoms. The molecule has 0 fully saturated rings. The van der Waals surface area contributed by atoms with Crippen molar-refractivity contribution in [2.45, 2.75) is 19.1 Å². The van der Waals surface area contributed by atoms with Gasteiger partial charge in [-0.3, -0.25) is 0 Å². The number of amides is 2. The molecular formula is C6H14N2O3S. The molecule has 3 N–H and O–H groups in total. The third-order valence-electron chi connectivity index (χ3n) is 1.40. The van der Waals surface area contributed by atoms with Gasteiger partial charge in [0.15, 0.2) is 9.84 Å². The van der Waals surface area contributed by atoms with Crippen molar-refractivity contribution < 1.29 is 13.2 Å². The predicted molar refractivity (Wildman–Crippen MR) is 46.5 cm³/mol. The Bertz CT molecular complexity index is 246.